The van der Waals surface area contributed by atoms with Gasteiger partial charge in [-0.05, 0) is 18.1 Å². The summed E-state index contributed by atoms with van der Waals surface area (Å²) in [5.41, 5.74) is 0.296. The van der Waals surface area contributed by atoms with Gasteiger partial charge in [0, 0.05) is 18.7 Å². The normalized spacial score (nSPS) is 14.9. The standard InChI is InChI=1S/C18H17F3N2O2/c19-18(20,21)14-8-9-22-16(10-14)25-15-11-23(12-15)17(24)7-6-13-4-2-1-3-5-13/h1-5,8-10,15H,6-7,11-12H2. The smallest absolute Gasteiger partial charge is 0.416 e. The number of alkyl halides is 3. The van der Waals surface area contributed by atoms with E-state index in [1.807, 2.05) is 30.3 Å². The topological polar surface area (TPSA) is 42.4 Å². The Morgan fingerprint density at radius 2 is 1.92 bits per heavy atom. The Bertz CT molecular complexity index is 729. The zero-order valence-corrected chi connectivity index (χ0v) is 13.4. The molecule has 0 spiro atoms. The Labute approximate surface area is 143 Å². The summed E-state index contributed by atoms with van der Waals surface area (Å²) >= 11 is 0. The van der Waals surface area contributed by atoms with Gasteiger partial charge in [-0.3, -0.25) is 4.79 Å². The second-order valence-corrected chi connectivity index (χ2v) is 5.90. The highest BCUT2D eigenvalue weighted by molar-refractivity contribution is 5.77. The predicted molar refractivity (Wildman–Crippen MR) is 85.0 cm³/mol. The van der Waals surface area contributed by atoms with Crippen molar-refractivity contribution in [2.75, 3.05) is 13.1 Å². The molecule has 1 aliphatic rings. The molecule has 2 heterocycles. The number of hydrogen-bond donors (Lipinski definition) is 0. The molecule has 2 aromatic rings. The maximum Gasteiger partial charge on any atom is 0.416 e. The molecule has 0 aliphatic carbocycles. The molecule has 25 heavy (non-hydrogen) atoms. The van der Waals surface area contributed by atoms with Crippen molar-refractivity contribution in [3.8, 4) is 5.88 Å². The molecule has 4 nitrogen and oxygen atoms in total. The molecular formula is C18H17F3N2O2. The highest BCUT2D eigenvalue weighted by atomic mass is 19.4. The average Bonchev–Trinajstić information content (AvgIpc) is 2.56. The third kappa shape index (κ3) is 4.49. The second-order valence-electron chi connectivity index (χ2n) is 5.90. The summed E-state index contributed by atoms with van der Waals surface area (Å²) in [6.07, 6.45) is -2.62. The molecule has 0 saturated carbocycles. The molecule has 1 fully saturated rings. The first-order valence-electron chi connectivity index (χ1n) is 7.93. The molecule has 132 valence electrons. The largest absolute Gasteiger partial charge is 0.471 e. The number of benzene rings is 1. The lowest BCUT2D eigenvalue weighted by Gasteiger charge is -2.38. The zero-order valence-electron chi connectivity index (χ0n) is 13.4. The molecule has 1 aliphatic heterocycles. The van der Waals surface area contributed by atoms with Gasteiger partial charge in [0.15, 0.2) is 0 Å². The first-order chi connectivity index (χ1) is 11.9. The van der Waals surface area contributed by atoms with Crippen LogP contribution in [0.3, 0.4) is 0 Å². The van der Waals surface area contributed by atoms with Gasteiger partial charge < -0.3 is 9.64 Å². The third-order valence-electron chi connectivity index (χ3n) is 4.02. The van der Waals surface area contributed by atoms with Gasteiger partial charge in [0.05, 0.1) is 18.7 Å². The van der Waals surface area contributed by atoms with Gasteiger partial charge in [-0.1, -0.05) is 30.3 Å². The quantitative estimate of drug-likeness (QED) is 0.831. The molecule has 0 unspecified atom stereocenters. The van der Waals surface area contributed by atoms with E-state index in [1.165, 1.54) is 0 Å². The van der Waals surface area contributed by atoms with Crippen molar-refractivity contribution in [3.05, 3.63) is 59.8 Å². The summed E-state index contributed by atoms with van der Waals surface area (Å²) in [4.78, 5) is 17.5. The van der Waals surface area contributed by atoms with E-state index in [-0.39, 0.29) is 17.9 Å². The molecule has 3 rings (SSSR count). The number of pyridine rings is 1. The first kappa shape index (κ1) is 17.3. The van der Waals surface area contributed by atoms with Crippen molar-refractivity contribution in [2.45, 2.75) is 25.1 Å². The molecule has 0 radical (unpaired) electrons. The SMILES string of the molecule is O=C(CCc1ccccc1)N1CC(Oc2cc(C(F)(F)F)ccn2)C1. The number of ether oxygens (including phenoxy) is 1. The zero-order chi connectivity index (χ0) is 17.9. The van der Waals surface area contributed by atoms with E-state index in [0.29, 0.717) is 25.9 Å². The summed E-state index contributed by atoms with van der Waals surface area (Å²) < 4.78 is 43.4. The van der Waals surface area contributed by atoms with Gasteiger partial charge in [-0.15, -0.1) is 0 Å². The van der Waals surface area contributed by atoms with Gasteiger partial charge in [-0.25, -0.2) is 4.98 Å². The number of aromatic nitrogens is 1. The number of aryl methyl sites for hydroxylation is 1. The average molecular weight is 350 g/mol. The van der Waals surface area contributed by atoms with E-state index in [1.54, 1.807) is 4.90 Å². The lowest BCUT2D eigenvalue weighted by molar-refractivity contribution is -0.140. The number of amides is 1. The van der Waals surface area contributed by atoms with Crippen LogP contribution in [0.5, 0.6) is 5.88 Å². The highest BCUT2D eigenvalue weighted by Gasteiger charge is 2.34. The Morgan fingerprint density at radius 1 is 1.20 bits per heavy atom. The molecule has 0 atom stereocenters. The minimum atomic E-state index is -4.43. The van der Waals surface area contributed by atoms with E-state index >= 15 is 0 Å². The van der Waals surface area contributed by atoms with Crippen molar-refractivity contribution >= 4 is 5.91 Å². The van der Waals surface area contributed by atoms with Crippen molar-refractivity contribution in [3.63, 3.8) is 0 Å². The highest BCUT2D eigenvalue weighted by Crippen LogP contribution is 2.31. The summed E-state index contributed by atoms with van der Waals surface area (Å²) in [7, 11) is 0. The van der Waals surface area contributed by atoms with E-state index in [9.17, 15) is 18.0 Å². The van der Waals surface area contributed by atoms with Crippen LogP contribution in [-0.4, -0.2) is 35.0 Å². The van der Waals surface area contributed by atoms with Gasteiger partial charge in [0.2, 0.25) is 11.8 Å². The minimum absolute atomic E-state index is 0.0145. The van der Waals surface area contributed by atoms with Crippen molar-refractivity contribution in [1.82, 2.24) is 9.88 Å². The van der Waals surface area contributed by atoms with E-state index in [2.05, 4.69) is 4.98 Å². The number of halogens is 3. The van der Waals surface area contributed by atoms with Crippen molar-refractivity contribution in [1.29, 1.82) is 0 Å². The summed E-state index contributed by atoms with van der Waals surface area (Å²) in [6.45, 7) is 0.733. The fraction of sp³-hybridized carbons (Fsp3) is 0.333. The van der Waals surface area contributed by atoms with Crippen molar-refractivity contribution < 1.29 is 22.7 Å². The fourth-order valence-corrected chi connectivity index (χ4v) is 2.59. The van der Waals surface area contributed by atoms with Crippen LogP contribution in [0.1, 0.15) is 17.5 Å². The number of carbonyl (C=O) groups excluding carboxylic acids is 1. The van der Waals surface area contributed by atoms with Crippen LogP contribution in [0.15, 0.2) is 48.7 Å². The van der Waals surface area contributed by atoms with E-state index < -0.39 is 11.7 Å². The number of nitrogens with zero attached hydrogens (tertiary/aromatic N) is 2. The molecule has 1 saturated heterocycles. The van der Waals surface area contributed by atoms with Crippen LogP contribution < -0.4 is 4.74 Å². The molecule has 7 heteroatoms. The van der Waals surface area contributed by atoms with Crippen LogP contribution in [0.25, 0.3) is 0 Å². The Hall–Kier alpha value is -2.57. The summed E-state index contributed by atoms with van der Waals surface area (Å²) in [5.74, 6) is -0.0584. The Morgan fingerprint density at radius 3 is 2.60 bits per heavy atom. The van der Waals surface area contributed by atoms with Crippen LogP contribution in [-0.2, 0) is 17.4 Å². The van der Waals surface area contributed by atoms with E-state index in [0.717, 1.165) is 23.9 Å². The molecule has 1 aromatic heterocycles. The van der Waals surface area contributed by atoms with Crippen LogP contribution in [0.2, 0.25) is 0 Å². The predicted octanol–water partition coefficient (Wildman–Crippen LogP) is 3.32. The molecular weight excluding hydrogens is 333 g/mol. The van der Waals surface area contributed by atoms with Crippen LogP contribution in [0, 0.1) is 0 Å². The number of likely N-dealkylation sites (tertiary alicyclic amines) is 1. The van der Waals surface area contributed by atoms with Crippen LogP contribution in [0.4, 0.5) is 13.2 Å². The molecule has 1 amide bonds. The number of rotatable bonds is 5. The van der Waals surface area contributed by atoms with Crippen LogP contribution >= 0.6 is 0 Å². The lowest BCUT2D eigenvalue weighted by atomic mass is 10.1. The van der Waals surface area contributed by atoms with Gasteiger partial charge in [0.25, 0.3) is 0 Å². The molecule has 0 bridgehead atoms. The van der Waals surface area contributed by atoms with Crippen molar-refractivity contribution in [2.24, 2.45) is 0 Å². The lowest BCUT2D eigenvalue weighted by Crippen LogP contribution is -2.56. The second kappa shape index (κ2) is 7.13. The Balaban J connectivity index is 1.46. The minimum Gasteiger partial charge on any atom is -0.471 e. The fourth-order valence-electron chi connectivity index (χ4n) is 2.59. The number of carbonyl (C=O) groups is 1. The molecule has 0 N–H and O–H groups in total. The maximum atomic E-state index is 12.7. The van der Waals surface area contributed by atoms with Gasteiger partial charge >= 0.3 is 6.18 Å². The van der Waals surface area contributed by atoms with E-state index in [4.69, 9.17) is 4.74 Å². The summed E-state index contributed by atoms with van der Waals surface area (Å²) in [6, 6.07) is 11.5. The van der Waals surface area contributed by atoms with Gasteiger partial charge in [0.1, 0.15) is 6.10 Å². The third-order valence-corrected chi connectivity index (χ3v) is 4.02. The maximum absolute atomic E-state index is 12.7. The monoisotopic (exact) mass is 350 g/mol. The number of hydrogen-bond acceptors (Lipinski definition) is 3. The summed E-state index contributed by atoms with van der Waals surface area (Å²) in [5, 5.41) is 0. The van der Waals surface area contributed by atoms with Gasteiger partial charge in [-0.2, -0.15) is 13.2 Å². The first-order valence-corrected chi connectivity index (χ1v) is 7.93. The Kier molecular flexibility index (Phi) is 4.92. The molecule has 1 aromatic carbocycles.